The van der Waals surface area contributed by atoms with Crippen molar-refractivity contribution in [2.45, 2.75) is 43.8 Å². The third-order valence-electron chi connectivity index (χ3n) is 5.53. The normalized spacial score (nSPS) is 22.2. The summed E-state index contributed by atoms with van der Waals surface area (Å²) in [6, 6.07) is -3.33. The Bertz CT molecular complexity index is 851. The third kappa shape index (κ3) is 4.84. The van der Waals surface area contributed by atoms with Crippen molar-refractivity contribution < 1.29 is 24.0 Å². The zero-order valence-corrected chi connectivity index (χ0v) is 17.8. The molecule has 0 spiro atoms. The van der Waals surface area contributed by atoms with Gasteiger partial charge in [-0.15, -0.1) is 0 Å². The van der Waals surface area contributed by atoms with Crippen LogP contribution < -0.4 is 10.6 Å². The molecule has 168 valence electrons. The van der Waals surface area contributed by atoms with Crippen molar-refractivity contribution in [3.63, 3.8) is 0 Å². The number of H-pyrrole nitrogens is 1. The third-order valence-corrected chi connectivity index (χ3v) is 5.53. The molecule has 6 amide bonds. The molecule has 2 aliphatic rings. The van der Waals surface area contributed by atoms with Gasteiger partial charge in [-0.25, -0.2) is 9.78 Å². The lowest BCUT2D eigenvalue weighted by molar-refractivity contribution is -0.144. The fraction of sp³-hybridized carbons (Fsp3) is 0.579. The lowest BCUT2D eigenvalue weighted by Gasteiger charge is -2.32. The molecular weight excluding hydrogens is 406 g/mol. The van der Waals surface area contributed by atoms with Gasteiger partial charge >= 0.3 is 6.03 Å². The van der Waals surface area contributed by atoms with Crippen LogP contribution in [0.25, 0.3) is 0 Å². The number of aromatic nitrogens is 2. The monoisotopic (exact) mass is 433 g/mol. The van der Waals surface area contributed by atoms with E-state index in [0.717, 1.165) is 4.90 Å². The van der Waals surface area contributed by atoms with Gasteiger partial charge in [-0.05, 0) is 12.8 Å². The number of nitrogens with one attached hydrogen (secondary N) is 3. The molecule has 3 rings (SSSR count). The van der Waals surface area contributed by atoms with Gasteiger partial charge in [0.15, 0.2) is 0 Å². The Morgan fingerprint density at radius 1 is 1.32 bits per heavy atom. The predicted molar refractivity (Wildman–Crippen MR) is 107 cm³/mol. The van der Waals surface area contributed by atoms with Crippen molar-refractivity contribution in [3.05, 3.63) is 18.2 Å². The molecule has 31 heavy (non-hydrogen) atoms. The van der Waals surface area contributed by atoms with Crippen LogP contribution in [-0.2, 0) is 25.6 Å². The van der Waals surface area contributed by atoms with Gasteiger partial charge in [0.05, 0.1) is 12.7 Å². The summed E-state index contributed by atoms with van der Waals surface area (Å²) in [7, 11) is 4.59. The lowest BCUT2D eigenvalue weighted by atomic mass is 10.1. The number of amides is 6. The van der Waals surface area contributed by atoms with E-state index in [-0.39, 0.29) is 18.7 Å². The number of carbonyl (C=O) groups is 5. The Morgan fingerprint density at radius 2 is 2.06 bits per heavy atom. The molecule has 0 aliphatic carbocycles. The summed E-state index contributed by atoms with van der Waals surface area (Å²) >= 11 is 0. The number of likely N-dealkylation sites (N-methyl/N-ethyl adjacent to an activating group) is 1. The Hall–Kier alpha value is -3.44. The Balaban J connectivity index is 1.77. The first kappa shape index (κ1) is 22.2. The summed E-state index contributed by atoms with van der Waals surface area (Å²) in [4.78, 5) is 73.1. The van der Waals surface area contributed by atoms with Crippen LogP contribution in [0.3, 0.4) is 0 Å². The summed E-state index contributed by atoms with van der Waals surface area (Å²) in [6.07, 6.45) is 4.15. The molecule has 3 heterocycles. The van der Waals surface area contributed by atoms with Crippen LogP contribution in [0.4, 0.5) is 4.79 Å². The van der Waals surface area contributed by atoms with Crippen molar-refractivity contribution >= 4 is 29.7 Å². The number of nitrogens with zero attached hydrogens (tertiary/aromatic N) is 4. The van der Waals surface area contributed by atoms with E-state index in [1.54, 1.807) is 20.3 Å². The van der Waals surface area contributed by atoms with Gasteiger partial charge in [-0.3, -0.25) is 24.1 Å². The van der Waals surface area contributed by atoms with Gasteiger partial charge < -0.3 is 25.4 Å². The van der Waals surface area contributed by atoms with Crippen LogP contribution in [0.15, 0.2) is 12.5 Å². The first-order chi connectivity index (χ1) is 14.7. The summed E-state index contributed by atoms with van der Waals surface area (Å²) < 4.78 is 0. The standard InChI is InChI=1S/C19H27N7O5/c1-24(2)18(30)14-5-4-6-26(14)17(29)13(7-11-9-20-10-21-11)22-16(28)12-8-15(27)25(3)19(31)23-12/h9-10,12-14H,4-8H2,1-3H3,(H,20,21)(H,22,28)(H,23,31)/t12?,13-,14-/m0/s1. The molecule has 3 N–H and O–H groups in total. The molecule has 1 aromatic rings. The van der Waals surface area contributed by atoms with E-state index < -0.39 is 41.9 Å². The maximum absolute atomic E-state index is 13.4. The second kappa shape index (κ2) is 9.14. The molecule has 1 unspecified atom stereocenters. The minimum atomic E-state index is -1.08. The SMILES string of the molecule is CN(C)C(=O)[C@@H]1CCCN1C(=O)[C@H](Cc1cnc[nH]1)NC(=O)C1CC(=O)N(C)C(=O)N1. The Morgan fingerprint density at radius 3 is 2.68 bits per heavy atom. The van der Waals surface area contributed by atoms with Gasteiger partial charge in [-0.1, -0.05) is 0 Å². The zero-order valence-electron chi connectivity index (χ0n) is 17.8. The Kier molecular flexibility index (Phi) is 6.56. The molecule has 0 aromatic carbocycles. The van der Waals surface area contributed by atoms with E-state index in [1.165, 1.54) is 23.2 Å². The quantitative estimate of drug-likeness (QED) is 0.495. The van der Waals surface area contributed by atoms with Crippen LogP contribution >= 0.6 is 0 Å². The van der Waals surface area contributed by atoms with Crippen LogP contribution in [0.2, 0.25) is 0 Å². The molecule has 3 atom stereocenters. The van der Waals surface area contributed by atoms with Gasteiger partial charge in [0.25, 0.3) is 0 Å². The van der Waals surface area contributed by atoms with Crippen molar-refractivity contribution in [3.8, 4) is 0 Å². The molecule has 12 nitrogen and oxygen atoms in total. The molecule has 2 fully saturated rings. The largest absolute Gasteiger partial charge is 0.348 e. The molecule has 0 bridgehead atoms. The average Bonchev–Trinajstić information content (AvgIpc) is 3.41. The van der Waals surface area contributed by atoms with Crippen LogP contribution in [0.1, 0.15) is 25.0 Å². The molecule has 1 aromatic heterocycles. The van der Waals surface area contributed by atoms with Crippen molar-refractivity contribution in [1.29, 1.82) is 0 Å². The highest BCUT2D eigenvalue weighted by atomic mass is 16.2. The smallest absolute Gasteiger partial charge is 0.324 e. The number of hydrogen-bond acceptors (Lipinski definition) is 6. The molecular formula is C19H27N7O5. The van der Waals surface area contributed by atoms with Gasteiger partial charge in [0.1, 0.15) is 18.1 Å². The average molecular weight is 433 g/mol. The van der Waals surface area contributed by atoms with Crippen molar-refractivity contribution in [1.82, 2.24) is 35.3 Å². The van der Waals surface area contributed by atoms with E-state index in [2.05, 4.69) is 20.6 Å². The van der Waals surface area contributed by atoms with Crippen LogP contribution in [-0.4, -0.2) is 100 Å². The maximum atomic E-state index is 13.4. The van der Waals surface area contributed by atoms with Gasteiger partial charge in [0.2, 0.25) is 23.6 Å². The first-order valence-electron chi connectivity index (χ1n) is 10.1. The number of rotatable bonds is 6. The minimum Gasteiger partial charge on any atom is -0.348 e. The van der Waals surface area contributed by atoms with E-state index in [4.69, 9.17) is 0 Å². The maximum Gasteiger partial charge on any atom is 0.324 e. The van der Waals surface area contributed by atoms with E-state index in [1.807, 2.05) is 0 Å². The first-order valence-corrected chi connectivity index (χ1v) is 10.1. The molecule has 2 aliphatic heterocycles. The Labute approximate surface area is 179 Å². The van der Waals surface area contributed by atoms with Crippen molar-refractivity contribution in [2.75, 3.05) is 27.7 Å². The fourth-order valence-corrected chi connectivity index (χ4v) is 3.75. The molecule has 0 radical (unpaired) electrons. The van der Waals surface area contributed by atoms with Crippen LogP contribution in [0.5, 0.6) is 0 Å². The number of aromatic amines is 1. The second-order valence-corrected chi connectivity index (χ2v) is 7.92. The summed E-state index contributed by atoms with van der Waals surface area (Å²) in [5, 5.41) is 5.12. The highest BCUT2D eigenvalue weighted by Gasteiger charge is 2.40. The topological polar surface area (TPSA) is 148 Å². The molecule has 12 heteroatoms. The zero-order chi connectivity index (χ0) is 22.7. The second-order valence-electron chi connectivity index (χ2n) is 7.92. The molecule has 2 saturated heterocycles. The number of imide groups is 1. The van der Waals surface area contributed by atoms with E-state index in [9.17, 15) is 24.0 Å². The molecule has 0 saturated carbocycles. The minimum absolute atomic E-state index is 0.123. The summed E-state index contributed by atoms with van der Waals surface area (Å²) in [6.45, 7) is 0.405. The van der Waals surface area contributed by atoms with Crippen LogP contribution in [0, 0.1) is 0 Å². The predicted octanol–water partition coefficient (Wildman–Crippen LogP) is -1.54. The highest BCUT2D eigenvalue weighted by molar-refractivity contribution is 6.03. The van der Waals surface area contributed by atoms with Gasteiger partial charge in [0, 0.05) is 46.0 Å². The number of hydrogen-bond donors (Lipinski definition) is 3. The number of carbonyl (C=O) groups excluding carboxylic acids is 5. The highest BCUT2D eigenvalue weighted by Crippen LogP contribution is 2.21. The fourth-order valence-electron chi connectivity index (χ4n) is 3.75. The summed E-state index contributed by atoms with van der Waals surface area (Å²) in [5.74, 6) is -1.70. The van der Waals surface area contributed by atoms with E-state index >= 15 is 0 Å². The van der Waals surface area contributed by atoms with Gasteiger partial charge in [-0.2, -0.15) is 0 Å². The lowest BCUT2D eigenvalue weighted by Crippen LogP contribution is -2.61. The number of urea groups is 1. The number of imidazole rings is 1. The summed E-state index contributed by atoms with van der Waals surface area (Å²) in [5.41, 5.74) is 0.622. The number of likely N-dealkylation sites (tertiary alicyclic amines) is 1. The van der Waals surface area contributed by atoms with E-state index in [0.29, 0.717) is 25.1 Å². The van der Waals surface area contributed by atoms with Crippen molar-refractivity contribution in [2.24, 2.45) is 0 Å².